The second kappa shape index (κ2) is 12.0. The Hall–Kier alpha value is -3.06. The SMILES string of the molecule is CCSCCOC(=O)C1C(C)=NC2=C(C(=O)C[C@@H](c3ccc(OC)c(OC)c3)C2)[C@H]1c1ccc(C)cc1. The topological polar surface area (TPSA) is 74.2 Å². The second-order valence-corrected chi connectivity index (χ2v) is 10.9. The number of carbonyl (C=O) groups is 2. The quantitative estimate of drug-likeness (QED) is 0.303. The van der Waals surface area contributed by atoms with Gasteiger partial charge in [-0.1, -0.05) is 42.8 Å². The highest BCUT2D eigenvalue weighted by atomic mass is 32.2. The first-order valence-corrected chi connectivity index (χ1v) is 13.9. The predicted octanol–water partition coefficient (Wildman–Crippen LogP) is 5.88. The largest absolute Gasteiger partial charge is 0.493 e. The van der Waals surface area contributed by atoms with Crippen LogP contribution in [0, 0.1) is 12.8 Å². The molecule has 196 valence electrons. The third kappa shape index (κ3) is 5.77. The summed E-state index contributed by atoms with van der Waals surface area (Å²) in [4.78, 5) is 32.0. The number of aliphatic imine (C=N–C) groups is 1. The van der Waals surface area contributed by atoms with E-state index < -0.39 is 11.8 Å². The van der Waals surface area contributed by atoms with Gasteiger partial charge in [0, 0.05) is 35.1 Å². The number of methoxy groups -OCH3 is 2. The summed E-state index contributed by atoms with van der Waals surface area (Å²) in [6.07, 6.45) is 0.964. The van der Waals surface area contributed by atoms with Crippen molar-refractivity contribution in [3.05, 3.63) is 70.4 Å². The highest BCUT2D eigenvalue weighted by Crippen LogP contribution is 2.47. The van der Waals surface area contributed by atoms with E-state index in [0.29, 0.717) is 42.2 Å². The average Bonchev–Trinajstić information content (AvgIpc) is 2.90. The number of carbonyl (C=O) groups excluding carboxylic acids is 2. The molecule has 7 heteroatoms. The summed E-state index contributed by atoms with van der Waals surface area (Å²) < 4.78 is 16.5. The standard InChI is InChI=1S/C30H35NO5S/c1-6-37-14-13-36-30(33)27-19(3)31-23-15-22(21-11-12-25(34-4)26(17-21)35-5)16-24(32)29(23)28(27)20-9-7-18(2)8-10-20/h7-12,17,22,27-28H,6,13-16H2,1-5H3/t22-,27?,28-/m0/s1. The van der Waals surface area contributed by atoms with Crippen molar-refractivity contribution in [3.63, 3.8) is 0 Å². The van der Waals surface area contributed by atoms with Gasteiger partial charge < -0.3 is 14.2 Å². The molecule has 0 spiro atoms. The molecule has 0 N–H and O–H groups in total. The Bertz CT molecular complexity index is 1220. The van der Waals surface area contributed by atoms with Crippen molar-refractivity contribution in [1.82, 2.24) is 0 Å². The molecule has 0 amide bonds. The fourth-order valence-electron chi connectivity index (χ4n) is 5.28. The molecule has 2 aromatic rings. The number of benzene rings is 2. The summed E-state index contributed by atoms with van der Waals surface area (Å²) in [6.45, 7) is 6.33. The van der Waals surface area contributed by atoms with Crippen LogP contribution < -0.4 is 9.47 Å². The monoisotopic (exact) mass is 521 g/mol. The maximum Gasteiger partial charge on any atom is 0.315 e. The van der Waals surface area contributed by atoms with Gasteiger partial charge in [0.15, 0.2) is 17.3 Å². The number of Topliss-reactive ketones (excluding diaryl/α,β-unsaturated/α-hetero) is 1. The molecule has 0 bridgehead atoms. The number of ether oxygens (including phenoxy) is 3. The van der Waals surface area contributed by atoms with Crippen LogP contribution >= 0.6 is 11.8 Å². The van der Waals surface area contributed by atoms with Crippen molar-refractivity contribution < 1.29 is 23.8 Å². The van der Waals surface area contributed by atoms with E-state index in [-0.39, 0.29) is 17.7 Å². The summed E-state index contributed by atoms with van der Waals surface area (Å²) >= 11 is 1.73. The molecule has 1 aliphatic carbocycles. The molecule has 2 aliphatic rings. The molecule has 0 saturated heterocycles. The lowest BCUT2D eigenvalue weighted by molar-refractivity contribution is -0.145. The highest BCUT2D eigenvalue weighted by Gasteiger charge is 2.44. The van der Waals surface area contributed by atoms with Crippen LogP contribution in [0.4, 0.5) is 0 Å². The van der Waals surface area contributed by atoms with Gasteiger partial charge in [-0.15, -0.1) is 0 Å². The van der Waals surface area contributed by atoms with Gasteiger partial charge in [0.2, 0.25) is 0 Å². The third-order valence-corrected chi connectivity index (χ3v) is 8.00. The Labute approximate surface area is 223 Å². The number of ketones is 1. The van der Waals surface area contributed by atoms with Gasteiger partial charge in [-0.2, -0.15) is 11.8 Å². The van der Waals surface area contributed by atoms with Crippen LogP contribution in [0.5, 0.6) is 11.5 Å². The molecule has 0 fully saturated rings. The van der Waals surface area contributed by atoms with E-state index >= 15 is 0 Å². The van der Waals surface area contributed by atoms with Gasteiger partial charge >= 0.3 is 5.97 Å². The van der Waals surface area contributed by atoms with Gasteiger partial charge in [-0.25, -0.2) is 0 Å². The highest BCUT2D eigenvalue weighted by molar-refractivity contribution is 7.99. The smallest absolute Gasteiger partial charge is 0.315 e. The van der Waals surface area contributed by atoms with Crippen LogP contribution in [-0.4, -0.2) is 49.8 Å². The molecule has 2 aromatic carbocycles. The van der Waals surface area contributed by atoms with Gasteiger partial charge in [0.1, 0.15) is 12.5 Å². The summed E-state index contributed by atoms with van der Waals surface area (Å²) in [5.41, 5.74) is 5.18. The Morgan fingerprint density at radius 2 is 1.70 bits per heavy atom. The van der Waals surface area contributed by atoms with E-state index in [1.807, 2.05) is 56.3 Å². The Kier molecular flexibility index (Phi) is 8.75. The third-order valence-electron chi connectivity index (χ3n) is 7.13. The fraction of sp³-hybridized carbons (Fsp3) is 0.433. The number of allylic oxidation sites excluding steroid dienone is 2. The number of nitrogens with zero attached hydrogens (tertiary/aromatic N) is 1. The Morgan fingerprint density at radius 3 is 2.38 bits per heavy atom. The van der Waals surface area contributed by atoms with Crippen LogP contribution in [-0.2, 0) is 14.3 Å². The first kappa shape index (κ1) is 27.0. The predicted molar refractivity (Wildman–Crippen MR) is 148 cm³/mol. The van der Waals surface area contributed by atoms with Gasteiger partial charge in [0.25, 0.3) is 0 Å². The fourth-order valence-corrected chi connectivity index (χ4v) is 5.77. The van der Waals surface area contributed by atoms with Gasteiger partial charge in [0.05, 0.1) is 14.2 Å². The van der Waals surface area contributed by atoms with Crippen LogP contribution in [0.3, 0.4) is 0 Å². The lowest BCUT2D eigenvalue weighted by Crippen LogP contribution is -2.38. The number of aryl methyl sites for hydroxylation is 1. The first-order chi connectivity index (χ1) is 17.9. The molecule has 0 radical (unpaired) electrons. The molecule has 4 rings (SSSR count). The number of hydrogen-bond donors (Lipinski definition) is 0. The number of rotatable bonds is 9. The number of esters is 1. The van der Waals surface area contributed by atoms with E-state index in [9.17, 15) is 9.59 Å². The van der Waals surface area contributed by atoms with Crippen molar-refractivity contribution in [2.45, 2.75) is 45.4 Å². The number of hydrogen-bond acceptors (Lipinski definition) is 7. The molecule has 3 atom stereocenters. The van der Waals surface area contributed by atoms with Crippen molar-refractivity contribution in [2.24, 2.45) is 10.9 Å². The van der Waals surface area contributed by atoms with Crippen molar-refractivity contribution in [1.29, 1.82) is 0 Å². The second-order valence-electron chi connectivity index (χ2n) is 9.49. The van der Waals surface area contributed by atoms with Gasteiger partial charge in [-0.05, 0) is 55.2 Å². The minimum atomic E-state index is -0.616. The minimum Gasteiger partial charge on any atom is -0.493 e. The van der Waals surface area contributed by atoms with Crippen molar-refractivity contribution in [3.8, 4) is 11.5 Å². The zero-order valence-corrected chi connectivity index (χ0v) is 23.0. The lowest BCUT2D eigenvalue weighted by atomic mass is 9.69. The average molecular weight is 522 g/mol. The molecule has 1 aliphatic heterocycles. The van der Waals surface area contributed by atoms with E-state index in [4.69, 9.17) is 19.2 Å². The summed E-state index contributed by atoms with van der Waals surface area (Å²) in [6, 6.07) is 13.9. The van der Waals surface area contributed by atoms with E-state index in [1.54, 1.807) is 26.0 Å². The molecule has 1 unspecified atom stereocenters. The van der Waals surface area contributed by atoms with Crippen molar-refractivity contribution in [2.75, 3.05) is 32.3 Å². The molecular weight excluding hydrogens is 486 g/mol. The van der Waals surface area contributed by atoms with Crippen LogP contribution in [0.25, 0.3) is 0 Å². The maximum absolute atomic E-state index is 13.8. The summed E-state index contributed by atoms with van der Waals surface area (Å²) in [7, 11) is 3.21. The van der Waals surface area contributed by atoms with Crippen LogP contribution in [0.2, 0.25) is 0 Å². The normalized spacial score (nSPS) is 21.3. The van der Waals surface area contributed by atoms with Gasteiger partial charge in [-0.3, -0.25) is 14.6 Å². The molecule has 0 aromatic heterocycles. The summed E-state index contributed by atoms with van der Waals surface area (Å²) in [5, 5.41) is 0. The van der Waals surface area contributed by atoms with E-state index in [2.05, 4.69) is 6.92 Å². The lowest BCUT2D eigenvalue weighted by Gasteiger charge is -2.36. The number of thioether (sulfide) groups is 1. The molecule has 1 heterocycles. The van der Waals surface area contributed by atoms with Crippen molar-refractivity contribution >= 4 is 29.2 Å². The molecular formula is C30H35NO5S. The first-order valence-electron chi connectivity index (χ1n) is 12.7. The molecule has 0 saturated carbocycles. The minimum absolute atomic E-state index is 0.0298. The van der Waals surface area contributed by atoms with Crippen LogP contribution in [0.15, 0.2) is 58.7 Å². The maximum atomic E-state index is 13.8. The zero-order valence-electron chi connectivity index (χ0n) is 22.2. The molecule has 37 heavy (non-hydrogen) atoms. The Morgan fingerprint density at radius 1 is 1.00 bits per heavy atom. The van der Waals surface area contributed by atoms with E-state index in [1.165, 1.54) is 0 Å². The van der Waals surface area contributed by atoms with Crippen LogP contribution in [0.1, 0.15) is 55.2 Å². The zero-order chi connectivity index (χ0) is 26.5. The summed E-state index contributed by atoms with van der Waals surface area (Å²) in [5.74, 6) is 1.67. The van der Waals surface area contributed by atoms with E-state index in [0.717, 1.165) is 33.9 Å². The molecule has 6 nitrogen and oxygen atoms in total. The Balaban J connectivity index is 1.70.